The van der Waals surface area contributed by atoms with Gasteiger partial charge in [-0.05, 0) is 31.0 Å². The summed E-state index contributed by atoms with van der Waals surface area (Å²) >= 11 is 6.49. The van der Waals surface area contributed by atoms with E-state index in [0.717, 1.165) is 24.1 Å². The Labute approximate surface area is 145 Å². The third kappa shape index (κ3) is 1.94. The van der Waals surface area contributed by atoms with E-state index in [0.29, 0.717) is 29.4 Å². The van der Waals surface area contributed by atoms with Crippen LogP contribution in [-0.4, -0.2) is 37.7 Å². The quantitative estimate of drug-likeness (QED) is 0.857. The molecule has 24 heavy (non-hydrogen) atoms. The first-order chi connectivity index (χ1) is 11.5. The van der Waals surface area contributed by atoms with Crippen molar-refractivity contribution in [2.45, 2.75) is 30.7 Å². The Morgan fingerprint density at radius 2 is 2.17 bits per heavy atom. The smallest absolute Gasteiger partial charge is 0.197 e. The van der Waals surface area contributed by atoms with E-state index in [4.69, 9.17) is 21.1 Å². The Morgan fingerprint density at radius 3 is 2.88 bits per heavy atom. The van der Waals surface area contributed by atoms with Crippen molar-refractivity contribution >= 4 is 17.4 Å². The minimum atomic E-state index is -0.453. The first-order valence-corrected chi connectivity index (χ1v) is 8.51. The number of halogens is 1. The second kappa shape index (κ2) is 5.39. The molecule has 0 radical (unpaired) electrons. The van der Waals surface area contributed by atoms with Crippen molar-refractivity contribution in [2.24, 2.45) is 5.92 Å². The van der Waals surface area contributed by atoms with E-state index in [9.17, 15) is 9.90 Å². The molecule has 2 bridgehead atoms. The van der Waals surface area contributed by atoms with Crippen molar-refractivity contribution < 1.29 is 19.4 Å². The average molecular weight is 350 g/mol. The number of benzene rings is 1. The van der Waals surface area contributed by atoms with Crippen molar-refractivity contribution in [2.75, 3.05) is 20.8 Å². The molecule has 1 aliphatic heterocycles. The highest BCUT2D eigenvalue weighted by Gasteiger charge is 2.55. The molecule has 128 valence electrons. The van der Waals surface area contributed by atoms with Gasteiger partial charge in [0.05, 0.1) is 14.2 Å². The standard InChI is InChI=1S/C18H20ClNO4/c1-23-14-6-10-12-5-9-11(19)7-15(24-2)17(22)16(9)18(10,3-4-20-12)8-13(14)21/h6-7,10,12,20,22H,3-5,8H2,1-2H3/t10?,12-,18+/m0/s1. The molecule has 6 heteroatoms. The first-order valence-electron chi connectivity index (χ1n) is 8.13. The van der Waals surface area contributed by atoms with Gasteiger partial charge in [0, 0.05) is 40.4 Å². The molecule has 3 atom stereocenters. The molecule has 0 saturated carbocycles. The predicted molar refractivity (Wildman–Crippen MR) is 89.7 cm³/mol. The van der Waals surface area contributed by atoms with Gasteiger partial charge in [0.25, 0.3) is 0 Å². The Kier molecular flexibility index (Phi) is 3.55. The molecule has 2 N–H and O–H groups in total. The molecule has 0 amide bonds. The number of carbonyl (C=O) groups excluding carboxylic acids is 1. The van der Waals surface area contributed by atoms with Crippen molar-refractivity contribution in [1.29, 1.82) is 0 Å². The SMILES string of the molecule is COC1=CC2[C@@H]3Cc4c(Cl)cc(OC)c(O)c4[C@]2(CCN3)CC1=O. The number of allylic oxidation sites excluding steroid dienone is 1. The van der Waals surface area contributed by atoms with Crippen molar-refractivity contribution in [3.63, 3.8) is 0 Å². The van der Waals surface area contributed by atoms with Crippen molar-refractivity contribution in [3.05, 3.63) is 34.1 Å². The van der Waals surface area contributed by atoms with Gasteiger partial charge in [-0.25, -0.2) is 0 Å². The van der Waals surface area contributed by atoms with Crippen LogP contribution in [0.4, 0.5) is 0 Å². The van der Waals surface area contributed by atoms with Gasteiger partial charge in [-0.3, -0.25) is 4.79 Å². The fraction of sp³-hybridized carbons (Fsp3) is 0.500. The number of hydrogen-bond acceptors (Lipinski definition) is 5. The van der Waals surface area contributed by atoms with Gasteiger partial charge in [0.15, 0.2) is 23.0 Å². The highest BCUT2D eigenvalue weighted by Crippen LogP contribution is 2.57. The van der Waals surface area contributed by atoms with Crippen LogP contribution in [0.2, 0.25) is 5.02 Å². The first kappa shape index (κ1) is 15.8. The summed E-state index contributed by atoms with van der Waals surface area (Å²) in [4.78, 5) is 12.6. The number of Topliss-reactive ketones (excluding diaryl/α,β-unsaturated/α-hetero) is 1. The molecule has 1 aromatic carbocycles. The maximum Gasteiger partial charge on any atom is 0.197 e. The van der Waals surface area contributed by atoms with Crippen LogP contribution in [0.5, 0.6) is 11.5 Å². The van der Waals surface area contributed by atoms with Gasteiger partial charge in [-0.2, -0.15) is 0 Å². The topological polar surface area (TPSA) is 67.8 Å². The highest BCUT2D eigenvalue weighted by atomic mass is 35.5. The zero-order valence-electron chi connectivity index (χ0n) is 13.7. The molecule has 0 spiro atoms. The molecule has 1 fully saturated rings. The number of phenols is 1. The maximum atomic E-state index is 12.6. The fourth-order valence-corrected chi connectivity index (χ4v) is 5.07. The fourth-order valence-electron chi connectivity index (χ4n) is 4.80. The second-order valence-corrected chi connectivity index (χ2v) is 7.20. The summed E-state index contributed by atoms with van der Waals surface area (Å²) < 4.78 is 10.6. The lowest BCUT2D eigenvalue weighted by atomic mass is 9.54. The third-order valence-electron chi connectivity index (χ3n) is 5.81. The van der Waals surface area contributed by atoms with E-state index in [1.165, 1.54) is 14.2 Å². The highest BCUT2D eigenvalue weighted by molar-refractivity contribution is 6.31. The molecule has 3 aliphatic rings. The molecule has 1 unspecified atom stereocenters. The summed E-state index contributed by atoms with van der Waals surface area (Å²) in [5.41, 5.74) is 1.25. The lowest BCUT2D eigenvalue weighted by Crippen LogP contribution is -2.60. The molecule has 1 saturated heterocycles. The van der Waals surface area contributed by atoms with Gasteiger partial charge >= 0.3 is 0 Å². The van der Waals surface area contributed by atoms with Crippen molar-refractivity contribution in [1.82, 2.24) is 5.32 Å². The summed E-state index contributed by atoms with van der Waals surface area (Å²) in [5.74, 6) is 0.949. The number of phenolic OH excluding ortho intramolecular Hbond substituents is 1. The van der Waals surface area contributed by atoms with E-state index in [2.05, 4.69) is 5.32 Å². The molecule has 1 heterocycles. The number of fused-ring (bicyclic) bond motifs is 1. The number of ether oxygens (including phenoxy) is 2. The van der Waals surface area contributed by atoms with Crippen LogP contribution in [0.25, 0.3) is 0 Å². The molecule has 4 rings (SSSR count). The Hall–Kier alpha value is -1.72. The van der Waals surface area contributed by atoms with Gasteiger partial charge in [-0.15, -0.1) is 0 Å². The summed E-state index contributed by atoms with van der Waals surface area (Å²) in [6.07, 6.45) is 3.72. The number of methoxy groups -OCH3 is 2. The lowest BCUT2D eigenvalue weighted by Gasteiger charge is -2.54. The number of carbonyl (C=O) groups is 1. The van der Waals surface area contributed by atoms with E-state index in [1.54, 1.807) is 6.07 Å². The summed E-state index contributed by atoms with van der Waals surface area (Å²) in [7, 11) is 3.04. The Balaban J connectivity index is 2.00. The normalized spacial score (nSPS) is 31.0. The second-order valence-electron chi connectivity index (χ2n) is 6.79. The van der Waals surface area contributed by atoms with Crippen LogP contribution in [0.1, 0.15) is 24.0 Å². The van der Waals surface area contributed by atoms with Gasteiger partial charge in [-0.1, -0.05) is 11.6 Å². The van der Waals surface area contributed by atoms with Crippen LogP contribution in [-0.2, 0) is 21.4 Å². The van der Waals surface area contributed by atoms with E-state index < -0.39 is 5.41 Å². The minimum absolute atomic E-state index is 0.0272. The van der Waals surface area contributed by atoms with Crippen molar-refractivity contribution in [3.8, 4) is 11.5 Å². The van der Waals surface area contributed by atoms with E-state index >= 15 is 0 Å². The molecule has 5 nitrogen and oxygen atoms in total. The number of ketones is 1. The Morgan fingerprint density at radius 1 is 1.38 bits per heavy atom. The Bertz CT molecular complexity index is 760. The van der Waals surface area contributed by atoms with Gasteiger partial charge < -0.3 is 19.9 Å². The van der Waals surface area contributed by atoms with Crippen LogP contribution >= 0.6 is 11.6 Å². The monoisotopic (exact) mass is 349 g/mol. The number of aromatic hydroxyl groups is 1. The molecule has 1 aromatic rings. The zero-order chi connectivity index (χ0) is 17.1. The number of piperidine rings is 1. The predicted octanol–water partition coefficient (Wildman–Crippen LogP) is 2.33. The van der Waals surface area contributed by atoms with Gasteiger partial charge in [0.1, 0.15) is 0 Å². The summed E-state index contributed by atoms with van der Waals surface area (Å²) in [5, 5.41) is 15.0. The lowest BCUT2D eigenvalue weighted by molar-refractivity contribution is -0.122. The number of rotatable bonds is 2. The van der Waals surface area contributed by atoms with Gasteiger partial charge in [0.2, 0.25) is 0 Å². The average Bonchev–Trinajstić information content (AvgIpc) is 2.56. The van der Waals surface area contributed by atoms with E-state index in [1.807, 2.05) is 6.08 Å². The molecule has 0 aromatic heterocycles. The number of nitrogens with one attached hydrogen (secondary N) is 1. The van der Waals surface area contributed by atoms with Crippen LogP contribution in [0.15, 0.2) is 17.9 Å². The summed E-state index contributed by atoms with van der Waals surface area (Å²) in [6.45, 7) is 0.804. The molecular formula is C18H20ClNO4. The van der Waals surface area contributed by atoms with Crippen LogP contribution in [0, 0.1) is 5.92 Å². The van der Waals surface area contributed by atoms with Crippen LogP contribution in [0.3, 0.4) is 0 Å². The molecule has 2 aliphatic carbocycles. The number of hydrogen-bond donors (Lipinski definition) is 2. The molecular weight excluding hydrogens is 330 g/mol. The van der Waals surface area contributed by atoms with E-state index in [-0.39, 0.29) is 23.5 Å². The maximum absolute atomic E-state index is 12.6. The third-order valence-corrected chi connectivity index (χ3v) is 6.15. The summed E-state index contributed by atoms with van der Waals surface area (Å²) in [6, 6.07) is 1.83. The minimum Gasteiger partial charge on any atom is -0.504 e. The zero-order valence-corrected chi connectivity index (χ0v) is 14.4. The largest absolute Gasteiger partial charge is 0.504 e. The van der Waals surface area contributed by atoms with Crippen LogP contribution < -0.4 is 10.1 Å².